The maximum atomic E-state index is 13.8. The number of para-hydroxylation sites is 1. The van der Waals surface area contributed by atoms with E-state index < -0.39 is 23.3 Å². The van der Waals surface area contributed by atoms with Gasteiger partial charge in [0.05, 0.1) is 13.1 Å². The Morgan fingerprint density at radius 1 is 0.943 bits per heavy atom. The average molecular weight is 469 g/mol. The van der Waals surface area contributed by atoms with Crippen LogP contribution in [0, 0.1) is 0 Å². The molecule has 3 N–H and O–H groups in total. The molecule has 0 saturated heterocycles. The van der Waals surface area contributed by atoms with Gasteiger partial charge in [-0.15, -0.1) is 0 Å². The molecular weight excluding hydrogens is 444 g/mol. The summed E-state index contributed by atoms with van der Waals surface area (Å²) in [5.41, 5.74) is 7.52. The van der Waals surface area contributed by atoms with Crippen LogP contribution in [-0.2, 0) is 24.3 Å². The molecule has 1 atom stereocenters. The van der Waals surface area contributed by atoms with Crippen LogP contribution in [0.2, 0.25) is 0 Å². The zero-order chi connectivity index (χ0) is 24.4. The molecule has 8 nitrogen and oxygen atoms in total. The number of nitrogens with one attached hydrogen (secondary N) is 1. The Hall–Kier alpha value is -4.59. The number of benzene rings is 3. The van der Waals surface area contributed by atoms with Crippen LogP contribution in [0.1, 0.15) is 16.7 Å². The average Bonchev–Trinajstić information content (AvgIpc) is 3.31. The minimum Gasteiger partial charge on any atom is -0.480 e. The van der Waals surface area contributed by atoms with Crippen LogP contribution in [0.15, 0.2) is 94.5 Å². The normalized spacial score (nSPS) is 14.2. The summed E-state index contributed by atoms with van der Waals surface area (Å²) in [7, 11) is 0. The van der Waals surface area contributed by atoms with E-state index >= 15 is 0 Å². The van der Waals surface area contributed by atoms with E-state index in [1.807, 2.05) is 84.9 Å². The molecular formula is C27H24N4O4. The van der Waals surface area contributed by atoms with Crippen molar-refractivity contribution in [2.45, 2.75) is 25.6 Å². The summed E-state index contributed by atoms with van der Waals surface area (Å²) >= 11 is 0. The molecule has 0 aliphatic carbocycles. The highest BCUT2D eigenvalue weighted by Gasteiger charge is 2.35. The Morgan fingerprint density at radius 3 is 2.26 bits per heavy atom. The Labute approximate surface area is 201 Å². The number of hydrogen-bond donors (Lipinski definition) is 2. The highest BCUT2D eigenvalue weighted by Crippen LogP contribution is 2.31. The SMILES string of the molecule is Nc1c(N(Cc2ccccc2)C(=O)C2Cc3ccccc3O2)c(=O)[nH]c(=O)n1Cc1ccccc1. The predicted octanol–water partition coefficient (Wildman–Crippen LogP) is 2.70. The minimum atomic E-state index is -0.815. The van der Waals surface area contributed by atoms with Crippen molar-refractivity contribution < 1.29 is 9.53 Å². The second kappa shape index (κ2) is 9.34. The van der Waals surface area contributed by atoms with Gasteiger partial charge in [-0.25, -0.2) is 4.79 Å². The third-order valence-corrected chi connectivity index (χ3v) is 6.04. The van der Waals surface area contributed by atoms with Gasteiger partial charge >= 0.3 is 5.69 Å². The monoisotopic (exact) mass is 468 g/mol. The molecule has 176 valence electrons. The number of ether oxygens (including phenoxy) is 1. The van der Waals surface area contributed by atoms with E-state index in [2.05, 4.69) is 4.98 Å². The molecule has 1 aromatic heterocycles. The van der Waals surface area contributed by atoms with Gasteiger partial charge in [0.2, 0.25) is 0 Å². The fraction of sp³-hybridized carbons (Fsp3) is 0.148. The van der Waals surface area contributed by atoms with Gasteiger partial charge in [0.1, 0.15) is 11.6 Å². The molecule has 0 bridgehead atoms. The zero-order valence-corrected chi connectivity index (χ0v) is 18.9. The lowest BCUT2D eigenvalue weighted by molar-refractivity contribution is -0.124. The Bertz CT molecular complexity index is 1450. The summed E-state index contributed by atoms with van der Waals surface area (Å²) in [5.74, 6) is 0.149. The van der Waals surface area contributed by atoms with Crippen LogP contribution < -0.4 is 26.6 Å². The van der Waals surface area contributed by atoms with Crippen molar-refractivity contribution in [3.63, 3.8) is 0 Å². The molecule has 2 heterocycles. The second-order valence-corrected chi connectivity index (χ2v) is 8.39. The van der Waals surface area contributed by atoms with Gasteiger partial charge in [-0.3, -0.25) is 24.0 Å². The Kier molecular flexibility index (Phi) is 5.93. The quantitative estimate of drug-likeness (QED) is 0.452. The van der Waals surface area contributed by atoms with Crippen LogP contribution in [0.4, 0.5) is 11.5 Å². The molecule has 3 aromatic carbocycles. The first-order valence-corrected chi connectivity index (χ1v) is 11.3. The number of anilines is 2. The van der Waals surface area contributed by atoms with Gasteiger partial charge in [0, 0.05) is 6.42 Å². The number of fused-ring (bicyclic) bond motifs is 1. The van der Waals surface area contributed by atoms with E-state index in [1.54, 1.807) is 0 Å². The van der Waals surface area contributed by atoms with Crippen LogP contribution in [-0.4, -0.2) is 21.6 Å². The molecule has 0 fully saturated rings. The number of hydrogen-bond acceptors (Lipinski definition) is 5. The molecule has 0 saturated carbocycles. The van der Waals surface area contributed by atoms with Crippen molar-refractivity contribution in [2.24, 2.45) is 0 Å². The highest BCUT2D eigenvalue weighted by molar-refractivity contribution is 5.99. The van der Waals surface area contributed by atoms with Crippen molar-refractivity contribution in [3.05, 3.63) is 122 Å². The topological polar surface area (TPSA) is 110 Å². The van der Waals surface area contributed by atoms with Gasteiger partial charge in [-0.05, 0) is 22.8 Å². The zero-order valence-electron chi connectivity index (χ0n) is 18.9. The van der Waals surface area contributed by atoms with Crippen molar-refractivity contribution in [2.75, 3.05) is 10.6 Å². The predicted molar refractivity (Wildman–Crippen MR) is 133 cm³/mol. The van der Waals surface area contributed by atoms with Crippen molar-refractivity contribution in [3.8, 4) is 5.75 Å². The van der Waals surface area contributed by atoms with E-state index in [4.69, 9.17) is 10.5 Å². The van der Waals surface area contributed by atoms with Crippen LogP contribution in [0.25, 0.3) is 0 Å². The molecule has 0 spiro atoms. The Balaban J connectivity index is 1.57. The first kappa shape index (κ1) is 22.2. The third-order valence-electron chi connectivity index (χ3n) is 6.04. The summed E-state index contributed by atoms with van der Waals surface area (Å²) in [6.45, 7) is 0.237. The van der Waals surface area contributed by atoms with E-state index in [0.29, 0.717) is 12.2 Å². The number of H-pyrrole nitrogens is 1. The second-order valence-electron chi connectivity index (χ2n) is 8.39. The highest BCUT2D eigenvalue weighted by atomic mass is 16.5. The lowest BCUT2D eigenvalue weighted by atomic mass is 10.1. The van der Waals surface area contributed by atoms with Crippen LogP contribution in [0.3, 0.4) is 0 Å². The number of nitrogens with two attached hydrogens (primary N) is 1. The minimum absolute atomic E-state index is 0.0751. The van der Waals surface area contributed by atoms with Gasteiger partial charge in [0.25, 0.3) is 11.5 Å². The molecule has 1 unspecified atom stereocenters. The molecule has 0 radical (unpaired) electrons. The van der Waals surface area contributed by atoms with Gasteiger partial charge < -0.3 is 10.5 Å². The lowest BCUT2D eigenvalue weighted by Gasteiger charge is -2.27. The summed E-state index contributed by atoms with van der Waals surface area (Å²) in [5, 5.41) is 0. The lowest BCUT2D eigenvalue weighted by Crippen LogP contribution is -2.46. The number of aromatic nitrogens is 2. The number of nitrogens with zero attached hydrogens (tertiary/aromatic N) is 2. The summed E-state index contributed by atoms with van der Waals surface area (Å²) in [4.78, 5) is 43.2. The number of nitrogen functional groups attached to an aromatic ring is 1. The summed E-state index contributed by atoms with van der Waals surface area (Å²) in [6, 6.07) is 26.0. The fourth-order valence-electron chi connectivity index (χ4n) is 4.29. The van der Waals surface area contributed by atoms with E-state index in [0.717, 1.165) is 16.7 Å². The fourth-order valence-corrected chi connectivity index (χ4v) is 4.29. The number of aromatic amines is 1. The number of carbonyl (C=O) groups excluding carboxylic acids is 1. The van der Waals surface area contributed by atoms with E-state index in [1.165, 1.54) is 9.47 Å². The number of carbonyl (C=O) groups is 1. The van der Waals surface area contributed by atoms with Crippen molar-refractivity contribution >= 4 is 17.4 Å². The first-order chi connectivity index (χ1) is 17.0. The molecule has 4 aromatic rings. The number of amides is 1. The van der Waals surface area contributed by atoms with Crippen molar-refractivity contribution in [1.82, 2.24) is 9.55 Å². The van der Waals surface area contributed by atoms with E-state index in [9.17, 15) is 14.4 Å². The molecule has 35 heavy (non-hydrogen) atoms. The van der Waals surface area contributed by atoms with Gasteiger partial charge in [-0.1, -0.05) is 78.9 Å². The Morgan fingerprint density at radius 2 is 1.57 bits per heavy atom. The maximum absolute atomic E-state index is 13.8. The van der Waals surface area contributed by atoms with Gasteiger partial charge in [0.15, 0.2) is 11.8 Å². The molecule has 1 amide bonds. The molecule has 8 heteroatoms. The first-order valence-electron chi connectivity index (χ1n) is 11.3. The van der Waals surface area contributed by atoms with E-state index in [-0.39, 0.29) is 24.6 Å². The van der Waals surface area contributed by atoms with Crippen LogP contribution >= 0.6 is 0 Å². The third kappa shape index (κ3) is 4.46. The molecule has 1 aliphatic heterocycles. The summed E-state index contributed by atoms with van der Waals surface area (Å²) < 4.78 is 7.19. The van der Waals surface area contributed by atoms with Crippen molar-refractivity contribution in [1.29, 1.82) is 0 Å². The standard InChI is InChI=1S/C27H24N4O4/c28-24-23(25(32)29-27(34)31(24)17-19-11-5-2-6-12-19)30(16-18-9-3-1-4-10-18)26(33)22-15-20-13-7-8-14-21(20)35-22/h1-14,22H,15-17,28H2,(H,29,32,34). The molecule has 1 aliphatic rings. The number of rotatable bonds is 6. The molecule has 5 rings (SSSR count). The smallest absolute Gasteiger partial charge is 0.330 e. The largest absolute Gasteiger partial charge is 0.480 e. The maximum Gasteiger partial charge on any atom is 0.330 e. The van der Waals surface area contributed by atoms with Crippen LogP contribution in [0.5, 0.6) is 5.75 Å². The summed E-state index contributed by atoms with van der Waals surface area (Å²) in [6.07, 6.45) is -0.439. The van der Waals surface area contributed by atoms with Gasteiger partial charge in [-0.2, -0.15) is 0 Å².